The van der Waals surface area contributed by atoms with Gasteiger partial charge in [0.1, 0.15) is 6.04 Å². The molecule has 1 amide bonds. The lowest BCUT2D eigenvalue weighted by Crippen LogP contribution is -2.57. The largest absolute Gasteiger partial charge is 0.351 e. The van der Waals surface area contributed by atoms with Gasteiger partial charge in [0, 0.05) is 38.3 Å². The van der Waals surface area contributed by atoms with Crippen molar-refractivity contribution in [2.75, 3.05) is 33.2 Å². The molecule has 2 aliphatic carbocycles. The lowest BCUT2D eigenvalue weighted by molar-refractivity contribution is -0.129. The molecule has 3 fully saturated rings. The molecule has 2 saturated carbocycles. The summed E-state index contributed by atoms with van der Waals surface area (Å²) in [4.78, 5) is 18.2. The van der Waals surface area contributed by atoms with Crippen LogP contribution < -0.4 is 11.1 Å². The van der Waals surface area contributed by atoms with E-state index in [9.17, 15) is 4.79 Å². The van der Waals surface area contributed by atoms with Crippen LogP contribution in [0.1, 0.15) is 43.7 Å². The monoisotopic (exact) mass is 442 g/mol. The average Bonchev–Trinajstić information content (AvgIpc) is 2.65. The Bertz CT molecular complexity index is 625. The highest BCUT2D eigenvalue weighted by Gasteiger charge is 2.41. The summed E-state index contributed by atoms with van der Waals surface area (Å²) in [5.74, 6) is 1.30. The molecule has 4 rings (SSSR count). The summed E-state index contributed by atoms with van der Waals surface area (Å²) in [5.41, 5.74) is 7.38. The maximum absolute atomic E-state index is 13.5. The third-order valence-corrected chi connectivity index (χ3v) is 6.95. The Hall–Kier alpha value is -0.850. The first-order valence-electron chi connectivity index (χ1n) is 10.7. The van der Waals surface area contributed by atoms with Gasteiger partial charge in [0.25, 0.3) is 0 Å². The molecule has 1 heterocycles. The maximum atomic E-state index is 13.5. The fourth-order valence-electron chi connectivity index (χ4n) is 5.51. The lowest BCUT2D eigenvalue weighted by Gasteiger charge is -2.46. The predicted molar refractivity (Wildman–Crippen MR) is 123 cm³/mol. The van der Waals surface area contributed by atoms with Gasteiger partial charge < -0.3 is 16.0 Å². The number of nitrogens with zero attached hydrogens (tertiary/aromatic N) is 2. The Morgan fingerprint density at radius 3 is 2.21 bits per heavy atom. The van der Waals surface area contributed by atoms with Gasteiger partial charge in [0.05, 0.1) is 0 Å². The first kappa shape index (κ1) is 24.4. The number of carbonyl (C=O) groups excluding carboxylic acids is 1. The zero-order valence-electron chi connectivity index (χ0n) is 17.3. The van der Waals surface area contributed by atoms with Gasteiger partial charge in [-0.2, -0.15) is 0 Å². The summed E-state index contributed by atoms with van der Waals surface area (Å²) in [6.45, 7) is 3.90. The molecule has 3 N–H and O–H groups in total. The molecule has 1 aromatic carbocycles. The third kappa shape index (κ3) is 5.65. The molecule has 0 radical (unpaired) electrons. The van der Waals surface area contributed by atoms with Crippen molar-refractivity contribution in [1.82, 2.24) is 15.1 Å². The van der Waals surface area contributed by atoms with Crippen molar-refractivity contribution in [1.29, 1.82) is 0 Å². The van der Waals surface area contributed by atoms with E-state index in [1.807, 2.05) is 18.2 Å². The molecule has 0 aromatic heterocycles. The van der Waals surface area contributed by atoms with Crippen molar-refractivity contribution < 1.29 is 4.79 Å². The maximum Gasteiger partial charge on any atom is 0.242 e. The number of hydrogen-bond acceptors (Lipinski definition) is 4. The number of fused-ring (bicyclic) bond motifs is 2. The molecule has 7 heteroatoms. The van der Waals surface area contributed by atoms with E-state index >= 15 is 0 Å². The van der Waals surface area contributed by atoms with Crippen molar-refractivity contribution in [3.05, 3.63) is 35.9 Å². The van der Waals surface area contributed by atoms with Crippen LogP contribution in [0.25, 0.3) is 0 Å². The minimum atomic E-state index is -0.184. The second kappa shape index (κ2) is 11.0. The van der Waals surface area contributed by atoms with Crippen molar-refractivity contribution in [2.45, 2.75) is 50.2 Å². The fraction of sp³-hybridized carbons (Fsp3) is 0.682. The van der Waals surface area contributed by atoms with E-state index < -0.39 is 0 Å². The van der Waals surface area contributed by atoms with Gasteiger partial charge in [0.15, 0.2) is 0 Å². The molecule has 3 atom stereocenters. The number of amides is 1. The molecule has 1 aliphatic heterocycles. The van der Waals surface area contributed by atoms with Gasteiger partial charge >= 0.3 is 0 Å². The molecular weight excluding hydrogens is 407 g/mol. The molecule has 2 bridgehead atoms. The van der Waals surface area contributed by atoms with Crippen LogP contribution in [0.4, 0.5) is 0 Å². The number of halogens is 2. The summed E-state index contributed by atoms with van der Waals surface area (Å²) in [5, 5.41) is 3.50. The number of carbonyl (C=O) groups is 1. The van der Waals surface area contributed by atoms with E-state index in [1.54, 1.807) is 0 Å². The van der Waals surface area contributed by atoms with E-state index in [0.29, 0.717) is 23.9 Å². The van der Waals surface area contributed by atoms with E-state index in [2.05, 4.69) is 34.3 Å². The number of piperazine rings is 1. The highest BCUT2D eigenvalue weighted by Crippen LogP contribution is 2.40. The second-order valence-electron chi connectivity index (χ2n) is 8.87. The van der Waals surface area contributed by atoms with Crippen molar-refractivity contribution >= 4 is 30.7 Å². The number of likely N-dealkylation sites (N-methyl/N-ethyl adjacent to an activating group) is 1. The first-order valence-corrected chi connectivity index (χ1v) is 10.7. The summed E-state index contributed by atoms with van der Waals surface area (Å²) in [7, 11) is 2.15. The zero-order valence-corrected chi connectivity index (χ0v) is 19.0. The molecular formula is C22H36Cl2N4O. The van der Waals surface area contributed by atoms with Crippen LogP contribution in [-0.2, 0) is 4.79 Å². The van der Waals surface area contributed by atoms with Crippen molar-refractivity contribution in [3.63, 3.8) is 0 Å². The van der Waals surface area contributed by atoms with Gasteiger partial charge in [-0.05, 0) is 50.1 Å². The summed E-state index contributed by atoms with van der Waals surface area (Å²) >= 11 is 0. The SMILES string of the molecule is CN1CCN(C(C(=O)NC2C3CCCC2CC(N)C3)c2ccccc2)CC1.Cl.Cl. The molecule has 0 spiro atoms. The Morgan fingerprint density at radius 2 is 1.62 bits per heavy atom. The molecule has 3 unspecified atom stereocenters. The second-order valence-corrected chi connectivity index (χ2v) is 8.87. The topological polar surface area (TPSA) is 61.6 Å². The van der Waals surface area contributed by atoms with Crippen LogP contribution in [0, 0.1) is 11.8 Å². The van der Waals surface area contributed by atoms with Gasteiger partial charge in [-0.1, -0.05) is 36.8 Å². The van der Waals surface area contributed by atoms with Crippen LogP contribution in [0.5, 0.6) is 0 Å². The first-order chi connectivity index (χ1) is 13.1. The van der Waals surface area contributed by atoms with Gasteiger partial charge in [-0.25, -0.2) is 0 Å². The predicted octanol–water partition coefficient (Wildman–Crippen LogP) is 2.84. The third-order valence-electron chi connectivity index (χ3n) is 6.95. The molecule has 5 nitrogen and oxygen atoms in total. The van der Waals surface area contributed by atoms with E-state index in [0.717, 1.165) is 44.6 Å². The number of benzene rings is 1. The van der Waals surface area contributed by atoms with Gasteiger partial charge in [0.2, 0.25) is 5.91 Å². The van der Waals surface area contributed by atoms with Crippen LogP contribution in [0.3, 0.4) is 0 Å². The number of nitrogens with one attached hydrogen (secondary N) is 1. The summed E-state index contributed by atoms with van der Waals surface area (Å²) in [6, 6.07) is 10.7. The minimum Gasteiger partial charge on any atom is -0.351 e. The van der Waals surface area contributed by atoms with E-state index in [4.69, 9.17) is 5.73 Å². The summed E-state index contributed by atoms with van der Waals surface area (Å²) < 4.78 is 0. The van der Waals surface area contributed by atoms with Crippen molar-refractivity contribution in [3.8, 4) is 0 Å². The van der Waals surface area contributed by atoms with Crippen LogP contribution in [0.15, 0.2) is 30.3 Å². The molecule has 164 valence electrons. The highest BCUT2D eigenvalue weighted by atomic mass is 35.5. The van der Waals surface area contributed by atoms with Gasteiger partial charge in [-0.3, -0.25) is 9.69 Å². The number of nitrogens with two attached hydrogens (primary N) is 1. The smallest absolute Gasteiger partial charge is 0.242 e. The van der Waals surface area contributed by atoms with Crippen LogP contribution >= 0.6 is 24.8 Å². The zero-order chi connectivity index (χ0) is 18.8. The Labute approximate surface area is 187 Å². The van der Waals surface area contributed by atoms with Crippen molar-refractivity contribution in [2.24, 2.45) is 17.6 Å². The van der Waals surface area contributed by atoms with E-state index in [1.165, 1.54) is 19.3 Å². The molecule has 3 aliphatic rings. The summed E-state index contributed by atoms with van der Waals surface area (Å²) in [6.07, 6.45) is 5.83. The Morgan fingerprint density at radius 1 is 1.03 bits per heavy atom. The Balaban J connectivity index is 0.00000150. The average molecular weight is 443 g/mol. The lowest BCUT2D eigenvalue weighted by atomic mass is 9.67. The normalized spacial score (nSPS) is 31.1. The van der Waals surface area contributed by atoms with E-state index in [-0.39, 0.29) is 36.8 Å². The standard InChI is InChI=1S/C22H34N4O.2ClH/c1-25-10-12-26(13-11-25)21(16-6-3-2-4-7-16)22(27)24-20-17-8-5-9-18(20)15-19(23)14-17;;/h2-4,6-7,17-21H,5,8-15,23H2,1H3,(H,24,27);2*1H. The molecule has 29 heavy (non-hydrogen) atoms. The molecule has 1 aromatic rings. The van der Waals surface area contributed by atoms with Crippen LogP contribution in [-0.4, -0.2) is 61.0 Å². The van der Waals surface area contributed by atoms with Crippen LogP contribution in [0.2, 0.25) is 0 Å². The fourth-order valence-corrected chi connectivity index (χ4v) is 5.51. The highest BCUT2D eigenvalue weighted by molar-refractivity contribution is 5.85. The Kier molecular flexibility index (Phi) is 9.23. The molecule has 1 saturated heterocycles. The minimum absolute atomic E-state index is 0. The quantitative estimate of drug-likeness (QED) is 0.752. The number of hydrogen-bond donors (Lipinski definition) is 2. The number of rotatable bonds is 4. The van der Waals surface area contributed by atoms with Gasteiger partial charge in [-0.15, -0.1) is 24.8 Å².